The summed E-state index contributed by atoms with van der Waals surface area (Å²) in [6.07, 6.45) is 4.04. The van der Waals surface area contributed by atoms with Crippen LogP contribution in [0, 0.1) is 5.92 Å². The average Bonchev–Trinajstić information content (AvgIpc) is 3.20. The first-order chi connectivity index (χ1) is 16.5. The second-order valence-corrected chi connectivity index (χ2v) is 20.3. The van der Waals surface area contributed by atoms with Gasteiger partial charge in [0.2, 0.25) is 15.9 Å². The molecule has 1 saturated carbocycles. The maximum atomic E-state index is 12.8. The van der Waals surface area contributed by atoms with E-state index in [-0.39, 0.29) is 29.0 Å². The standard InChI is InChI=1S/C27H47N3O4SSi/c1-26(2,3)35(32,33)29-22-11-9-20(10-12-22)25(31)28-21-13-15-23(16-14-21)30-18-17-24(19-30)34-36(7,8)27(4,5)6/h13-16,20,22,24,29H,9-12,17-19H2,1-8H3,(H,28,31). The van der Waals surface area contributed by atoms with Gasteiger partial charge in [0.25, 0.3) is 0 Å². The Bertz CT molecular complexity index is 1000. The second kappa shape index (κ2) is 10.7. The molecule has 2 N–H and O–H groups in total. The summed E-state index contributed by atoms with van der Waals surface area (Å²) >= 11 is 0. The van der Waals surface area contributed by atoms with E-state index in [4.69, 9.17) is 4.43 Å². The predicted molar refractivity (Wildman–Crippen MR) is 152 cm³/mol. The van der Waals surface area contributed by atoms with Gasteiger partial charge in [-0.1, -0.05) is 20.8 Å². The minimum absolute atomic E-state index is 0.0175. The first-order valence-electron chi connectivity index (χ1n) is 13.3. The highest BCUT2D eigenvalue weighted by Crippen LogP contribution is 2.38. The first-order valence-corrected chi connectivity index (χ1v) is 17.7. The van der Waals surface area contributed by atoms with E-state index in [1.54, 1.807) is 20.8 Å². The van der Waals surface area contributed by atoms with E-state index in [0.717, 1.165) is 30.9 Å². The monoisotopic (exact) mass is 537 g/mol. The molecule has 0 radical (unpaired) electrons. The van der Waals surface area contributed by atoms with E-state index in [9.17, 15) is 13.2 Å². The Morgan fingerprint density at radius 2 is 1.56 bits per heavy atom. The lowest BCUT2D eigenvalue weighted by Crippen LogP contribution is -2.46. The van der Waals surface area contributed by atoms with Crippen LogP contribution in [0.2, 0.25) is 18.1 Å². The Kier molecular flexibility index (Phi) is 8.70. The Labute approximate surface area is 219 Å². The van der Waals surface area contributed by atoms with Crippen molar-refractivity contribution in [2.45, 2.75) is 109 Å². The van der Waals surface area contributed by atoms with Crippen LogP contribution in [0.4, 0.5) is 11.4 Å². The van der Waals surface area contributed by atoms with E-state index in [1.807, 2.05) is 12.1 Å². The quantitative estimate of drug-likeness (QED) is 0.448. The van der Waals surface area contributed by atoms with Crippen molar-refractivity contribution in [3.63, 3.8) is 0 Å². The van der Waals surface area contributed by atoms with Crippen LogP contribution in [0.1, 0.15) is 73.6 Å². The number of carbonyl (C=O) groups is 1. The Balaban J connectivity index is 1.48. The summed E-state index contributed by atoms with van der Waals surface area (Å²) in [5, 5.41) is 3.27. The Morgan fingerprint density at radius 1 is 0.972 bits per heavy atom. The third-order valence-corrected chi connectivity index (χ3v) is 14.9. The zero-order valence-electron chi connectivity index (χ0n) is 23.5. The maximum absolute atomic E-state index is 12.8. The van der Waals surface area contributed by atoms with Crippen LogP contribution in [0.3, 0.4) is 0 Å². The number of sulfonamides is 1. The number of benzene rings is 1. The fourth-order valence-electron chi connectivity index (χ4n) is 4.52. The molecular formula is C27H47N3O4SSi. The summed E-state index contributed by atoms with van der Waals surface area (Å²) in [4.78, 5) is 15.2. The fourth-order valence-corrected chi connectivity index (χ4v) is 6.93. The number of nitrogens with zero attached hydrogens (tertiary/aromatic N) is 1. The molecule has 1 heterocycles. The molecule has 9 heteroatoms. The van der Waals surface area contributed by atoms with Gasteiger partial charge in [0.15, 0.2) is 8.32 Å². The molecule has 2 fully saturated rings. The molecule has 0 aromatic heterocycles. The fraction of sp³-hybridized carbons (Fsp3) is 0.741. The Hall–Kier alpha value is -1.42. The molecule has 7 nitrogen and oxygen atoms in total. The zero-order chi connectivity index (χ0) is 26.9. The molecule has 36 heavy (non-hydrogen) atoms. The topological polar surface area (TPSA) is 87.7 Å². The molecule has 1 saturated heterocycles. The summed E-state index contributed by atoms with van der Waals surface area (Å²) in [6.45, 7) is 18.4. The van der Waals surface area contributed by atoms with Crippen molar-refractivity contribution >= 4 is 35.6 Å². The van der Waals surface area contributed by atoms with Crippen molar-refractivity contribution in [3.8, 4) is 0 Å². The molecular weight excluding hydrogens is 490 g/mol. The van der Waals surface area contributed by atoms with Crippen LogP contribution in [-0.2, 0) is 19.2 Å². The number of rotatable bonds is 7. The lowest BCUT2D eigenvalue weighted by molar-refractivity contribution is -0.120. The number of nitrogens with one attached hydrogen (secondary N) is 2. The van der Waals surface area contributed by atoms with Gasteiger partial charge in [-0.3, -0.25) is 4.79 Å². The minimum Gasteiger partial charge on any atom is -0.412 e. The SMILES string of the molecule is CC(C)(C)[Si](C)(C)OC1CCN(c2ccc(NC(=O)C3CCC(NS(=O)(=O)C(C)(C)C)CC3)cc2)C1. The van der Waals surface area contributed by atoms with E-state index in [0.29, 0.717) is 25.7 Å². The van der Waals surface area contributed by atoms with Gasteiger partial charge in [0.1, 0.15) is 0 Å². The average molecular weight is 538 g/mol. The van der Waals surface area contributed by atoms with E-state index in [1.165, 1.54) is 0 Å². The van der Waals surface area contributed by atoms with Gasteiger partial charge >= 0.3 is 0 Å². The molecule has 1 aliphatic heterocycles. The molecule has 1 unspecified atom stereocenters. The largest absolute Gasteiger partial charge is 0.412 e. The van der Waals surface area contributed by atoms with Gasteiger partial charge in [-0.2, -0.15) is 0 Å². The van der Waals surface area contributed by atoms with Gasteiger partial charge in [0.05, 0.1) is 10.9 Å². The number of hydrogen-bond donors (Lipinski definition) is 2. The molecule has 2 aliphatic rings. The minimum atomic E-state index is -3.37. The number of anilines is 2. The highest BCUT2D eigenvalue weighted by molar-refractivity contribution is 7.90. The van der Waals surface area contributed by atoms with Crippen molar-refractivity contribution in [2.75, 3.05) is 23.3 Å². The summed E-state index contributed by atoms with van der Waals surface area (Å²) in [7, 11) is -5.15. The van der Waals surface area contributed by atoms with Gasteiger partial charge in [-0.15, -0.1) is 0 Å². The summed E-state index contributed by atoms with van der Waals surface area (Å²) in [5.74, 6) is -0.0734. The van der Waals surface area contributed by atoms with Crippen molar-refractivity contribution in [1.82, 2.24) is 4.72 Å². The second-order valence-electron chi connectivity index (χ2n) is 13.1. The molecule has 1 aromatic carbocycles. The van der Waals surface area contributed by atoms with E-state index >= 15 is 0 Å². The molecule has 1 aliphatic carbocycles. The normalized spacial score (nSPS) is 24.1. The van der Waals surface area contributed by atoms with Crippen molar-refractivity contribution < 1.29 is 17.6 Å². The van der Waals surface area contributed by atoms with Gasteiger partial charge < -0.3 is 14.6 Å². The molecule has 1 amide bonds. The van der Waals surface area contributed by atoms with Crippen LogP contribution in [-0.4, -0.2) is 52.6 Å². The van der Waals surface area contributed by atoms with Gasteiger partial charge in [-0.05, 0) is 95.3 Å². The Morgan fingerprint density at radius 3 is 2.08 bits per heavy atom. The maximum Gasteiger partial charge on any atom is 0.227 e. The molecule has 0 bridgehead atoms. The number of hydrogen-bond acceptors (Lipinski definition) is 5. The highest BCUT2D eigenvalue weighted by Gasteiger charge is 2.40. The third-order valence-electron chi connectivity index (χ3n) is 8.14. The van der Waals surface area contributed by atoms with Crippen LogP contribution < -0.4 is 14.9 Å². The van der Waals surface area contributed by atoms with Crippen molar-refractivity contribution in [2.24, 2.45) is 5.92 Å². The van der Waals surface area contributed by atoms with Crippen molar-refractivity contribution in [1.29, 1.82) is 0 Å². The van der Waals surface area contributed by atoms with Gasteiger partial charge in [-0.25, -0.2) is 13.1 Å². The zero-order valence-corrected chi connectivity index (χ0v) is 25.3. The van der Waals surface area contributed by atoms with Gasteiger partial charge in [0, 0.05) is 36.4 Å². The third kappa shape index (κ3) is 7.11. The first kappa shape index (κ1) is 29.1. The summed E-state index contributed by atoms with van der Waals surface area (Å²) < 4.78 is 33.4. The lowest BCUT2D eigenvalue weighted by atomic mass is 9.86. The van der Waals surface area contributed by atoms with Crippen LogP contribution in [0.15, 0.2) is 24.3 Å². The van der Waals surface area contributed by atoms with E-state index < -0.39 is 23.1 Å². The molecule has 1 atom stereocenters. The van der Waals surface area contributed by atoms with Crippen LogP contribution >= 0.6 is 0 Å². The van der Waals surface area contributed by atoms with Crippen LogP contribution in [0.25, 0.3) is 0 Å². The summed E-state index contributed by atoms with van der Waals surface area (Å²) in [6, 6.07) is 7.99. The van der Waals surface area contributed by atoms with Crippen molar-refractivity contribution in [3.05, 3.63) is 24.3 Å². The molecule has 1 aromatic rings. The predicted octanol–water partition coefficient (Wildman–Crippen LogP) is 5.50. The number of carbonyl (C=O) groups excluding carboxylic acids is 1. The summed E-state index contributed by atoms with van der Waals surface area (Å²) in [5.41, 5.74) is 1.95. The molecule has 0 spiro atoms. The molecule has 204 valence electrons. The van der Waals surface area contributed by atoms with E-state index in [2.05, 4.69) is 60.9 Å². The smallest absolute Gasteiger partial charge is 0.227 e. The lowest BCUT2D eigenvalue weighted by Gasteiger charge is -2.38. The van der Waals surface area contributed by atoms with Crippen LogP contribution in [0.5, 0.6) is 0 Å². The highest BCUT2D eigenvalue weighted by atomic mass is 32.2. The number of amides is 1. The molecule has 3 rings (SSSR count).